The molecule has 0 amide bonds. The van der Waals surface area contributed by atoms with Gasteiger partial charge < -0.3 is 14.8 Å². The summed E-state index contributed by atoms with van der Waals surface area (Å²) >= 11 is 0. The molecule has 1 rings (SSSR count). The maximum Gasteiger partial charge on any atom is 1.00 e. The van der Waals surface area contributed by atoms with Gasteiger partial charge in [0.25, 0.3) is 0 Å². The van der Waals surface area contributed by atoms with E-state index in [9.17, 15) is 22.6 Å². The molecular formula is C10H9NaO7S. The Morgan fingerprint density at radius 1 is 1.11 bits per heavy atom. The monoisotopic (exact) mass is 296 g/mol. The van der Waals surface area contributed by atoms with Crippen molar-refractivity contribution in [1.29, 1.82) is 0 Å². The second kappa shape index (κ2) is 6.02. The van der Waals surface area contributed by atoms with Gasteiger partial charge in [0.1, 0.15) is 10.1 Å². The van der Waals surface area contributed by atoms with Gasteiger partial charge in [-0.3, -0.25) is 0 Å². The third kappa shape index (κ3) is 3.54. The fourth-order valence-electron chi connectivity index (χ4n) is 1.69. The summed E-state index contributed by atoms with van der Waals surface area (Å²) in [6.45, 7) is 2.38. The molecule has 0 radical (unpaired) electrons. The SMILES string of the molecule is Cc1c(C(=O)O)cc(S(=O)(=O)[O-])c(C)c1C(=O)O.[Na+]. The van der Waals surface area contributed by atoms with Crippen LogP contribution in [-0.4, -0.2) is 35.1 Å². The van der Waals surface area contributed by atoms with E-state index in [0.717, 1.165) is 6.92 Å². The number of aromatic carboxylic acids is 2. The van der Waals surface area contributed by atoms with Gasteiger partial charge in [0.15, 0.2) is 0 Å². The van der Waals surface area contributed by atoms with Gasteiger partial charge in [0.05, 0.1) is 16.0 Å². The molecule has 0 aromatic heterocycles. The van der Waals surface area contributed by atoms with Crippen LogP contribution in [0.1, 0.15) is 31.8 Å². The summed E-state index contributed by atoms with van der Waals surface area (Å²) in [5.41, 5.74) is -1.36. The summed E-state index contributed by atoms with van der Waals surface area (Å²) in [7, 11) is -4.94. The molecule has 19 heavy (non-hydrogen) atoms. The minimum Gasteiger partial charge on any atom is -0.744 e. The molecule has 0 fully saturated rings. The van der Waals surface area contributed by atoms with E-state index in [1.807, 2.05) is 0 Å². The van der Waals surface area contributed by atoms with E-state index in [4.69, 9.17) is 10.2 Å². The van der Waals surface area contributed by atoms with Crippen molar-refractivity contribution in [1.82, 2.24) is 0 Å². The van der Waals surface area contributed by atoms with Crippen molar-refractivity contribution >= 4 is 22.1 Å². The second-order valence-corrected chi connectivity index (χ2v) is 4.96. The van der Waals surface area contributed by atoms with Crippen molar-refractivity contribution < 1.29 is 62.3 Å². The van der Waals surface area contributed by atoms with Gasteiger partial charge >= 0.3 is 41.5 Å². The van der Waals surface area contributed by atoms with Gasteiger partial charge in [0, 0.05) is 0 Å². The van der Waals surface area contributed by atoms with Crippen molar-refractivity contribution in [3.8, 4) is 0 Å². The number of hydrogen-bond donors (Lipinski definition) is 2. The second-order valence-electron chi connectivity index (χ2n) is 3.61. The summed E-state index contributed by atoms with van der Waals surface area (Å²) in [5, 5.41) is 17.8. The Morgan fingerprint density at radius 3 is 1.89 bits per heavy atom. The van der Waals surface area contributed by atoms with Crippen LogP contribution in [0.5, 0.6) is 0 Å². The predicted octanol–water partition coefficient (Wildman–Crippen LogP) is -2.39. The van der Waals surface area contributed by atoms with Crippen LogP contribution in [0.3, 0.4) is 0 Å². The van der Waals surface area contributed by atoms with E-state index in [2.05, 4.69) is 0 Å². The third-order valence-corrected chi connectivity index (χ3v) is 3.48. The van der Waals surface area contributed by atoms with Crippen LogP contribution in [0.4, 0.5) is 0 Å². The number of carboxylic acid groups (broad SMARTS) is 2. The van der Waals surface area contributed by atoms with Gasteiger partial charge in [-0.25, -0.2) is 18.0 Å². The third-order valence-electron chi connectivity index (χ3n) is 2.51. The zero-order valence-corrected chi connectivity index (χ0v) is 13.2. The Morgan fingerprint density at radius 2 is 1.58 bits per heavy atom. The zero-order valence-electron chi connectivity index (χ0n) is 10.4. The van der Waals surface area contributed by atoms with Gasteiger partial charge in [-0.2, -0.15) is 0 Å². The van der Waals surface area contributed by atoms with Gasteiger partial charge in [0.2, 0.25) is 0 Å². The quantitative estimate of drug-likeness (QED) is 0.469. The van der Waals surface area contributed by atoms with Gasteiger partial charge in [-0.05, 0) is 31.0 Å². The summed E-state index contributed by atoms with van der Waals surface area (Å²) in [5.74, 6) is -2.99. The Labute approximate surface area is 131 Å². The van der Waals surface area contributed by atoms with Gasteiger partial charge in [-0.15, -0.1) is 0 Å². The average molecular weight is 296 g/mol. The van der Waals surface area contributed by atoms with E-state index in [0.29, 0.717) is 6.07 Å². The number of hydrogen-bond acceptors (Lipinski definition) is 5. The number of rotatable bonds is 3. The first kappa shape index (κ1) is 18.1. The van der Waals surface area contributed by atoms with Crippen LogP contribution in [0.15, 0.2) is 11.0 Å². The Balaban J connectivity index is 0.00000324. The van der Waals surface area contributed by atoms with E-state index < -0.39 is 38.1 Å². The molecule has 1 aromatic carbocycles. The van der Waals surface area contributed by atoms with Crippen molar-refractivity contribution in [3.63, 3.8) is 0 Å². The summed E-state index contributed by atoms with van der Waals surface area (Å²) in [6.07, 6.45) is 0. The molecule has 0 aliphatic rings. The van der Waals surface area contributed by atoms with Crippen molar-refractivity contribution in [2.45, 2.75) is 18.7 Å². The maximum absolute atomic E-state index is 11.0. The Bertz CT molecular complexity index is 648. The minimum atomic E-state index is -4.94. The molecule has 9 heteroatoms. The molecule has 0 spiro atoms. The first-order valence-corrected chi connectivity index (χ1v) is 6.05. The molecular weight excluding hydrogens is 287 g/mol. The molecule has 0 bridgehead atoms. The molecule has 0 saturated heterocycles. The first-order chi connectivity index (χ1) is 8.07. The van der Waals surface area contributed by atoms with Crippen molar-refractivity contribution in [2.24, 2.45) is 0 Å². The van der Waals surface area contributed by atoms with Crippen LogP contribution < -0.4 is 29.6 Å². The first-order valence-electron chi connectivity index (χ1n) is 4.64. The normalized spacial score (nSPS) is 10.7. The van der Waals surface area contributed by atoms with Crippen molar-refractivity contribution in [2.75, 3.05) is 0 Å². The zero-order chi connectivity index (χ0) is 14.2. The Hall–Kier alpha value is -0.930. The molecule has 2 N–H and O–H groups in total. The smallest absolute Gasteiger partial charge is 0.744 e. The predicted molar refractivity (Wildman–Crippen MR) is 57.8 cm³/mol. The molecule has 7 nitrogen and oxygen atoms in total. The molecule has 0 saturated carbocycles. The molecule has 0 aliphatic heterocycles. The topological polar surface area (TPSA) is 132 Å². The molecule has 0 atom stereocenters. The van der Waals surface area contributed by atoms with E-state index in [1.54, 1.807) is 0 Å². The molecule has 0 aliphatic carbocycles. The van der Waals surface area contributed by atoms with E-state index >= 15 is 0 Å². The number of benzene rings is 1. The minimum absolute atomic E-state index is 0. The van der Waals surface area contributed by atoms with Crippen LogP contribution in [0.2, 0.25) is 0 Å². The summed E-state index contributed by atoms with van der Waals surface area (Å²) < 4.78 is 32.9. The van der Waals surface area contributed by atoms with Crippen LogP contribution >= 0.6 is 0 Å². The van der Waals surface area contributed by atoms with Gasteiger partial charge in [-0.1, -0.05) is 0 Å². The number of carbonyl (C=O) groups is 2. The number of carboxylic acids is 2. The van der Waals surface area contributed by atoms with E-state index in [1.165, 1.54) is 6.92 Å². The van der Waals surface area contributed by atoms with Crippen LogP contribution in [-0.2, 0) is 10.1 Å². The van der Waals surface area contributed by atoms with Crippen LogP contribution in [0.25, 0.3) is 0 Å². The molecule has 0 heterocycles. The molecule has 1 aromatic rings. The standard InChI is InChI=1S/C10H10O7S.Na/c1-4-6(9(11)12)3-7(18(15,16)17)5(2)8(4)10(13)14;/h3H,1-2H3,(H,11,12)(H,13,14)(H,15,16,17);/q;+1/p-1. The van der Waals surface area contributed by atoms with Crippen LogP contribution in [0, 0.1) is 13.8 Å². The van der Waals surface area contributed by atoms with Crippen molar-refractivity contribution in [3.05, 3.63) is 28.3 Å². The van der Waals surface area contributed by atoms with E-state index in [-0.39, 0.29) is 40.7 Å². The summed E-state index contributed by atoms with van der Waals surface area (Å²) in [6, 6.07) is 0.682. The fourth-order valence-corrected chi connectivity index (χ4v) is 2.43. The maximum atomic E-state index is 11.0. The Kier molecular flexibility index (Phi) is 5.72. The fraction of sp³-hybridized carbons (Fsp3) is 0.200. The molecule has 98 valence electrons. The summed E-state index contributed by atoms with van der Waals surface area (Å²) in [4.78, 5) is 21.1. The average Bonchev–Trinajstić information content (AvgIpc) is 2.13. The molecule has 0 unspecified atom stereocenters. The largest absolute Gasteiger partial charge is 1.00 e.